The molecular formula is C28H28N2O4S2Zn. The van der Waals surface area contributed by atoms with Crippen molar-refractivity contribution in [2.75, 3.05) is 20.0 Å². The second-order valence-corrected chi connectivity index (χ2v) is 9.64. The minimum absolute atomic E-state index is 0. The molecule has 0 aliphatic rings. The summed E-state index contributed by atoms with van der Waals surface area (Å²) >= 11 is 3.40. The Bertz CT molecular complexity index is 1260. The summed E-state index contributed by atoms with van der Waals surface area (Å²) in [7, 11) is 3.07. The predicted molar refractivity (Wildman–Crippen MR) is 149 cm³/mol. The van der Waals surface area contributed by atoms with Crippen LogP contribution in [0.3, 0.4) is 0 Å². The topological polar surface area (TPSA) is 87.6 Å². The summed E-state index contributed by atoms with van der Waals surface area (Å²) in [6.07, 6.45) is 0. The second kappa shape index (κ2) is 16.0. The molecule has 0 aromatic heterocycles. The van der Waals surface area contributed by atoms with E-state index in [4.69, 9.17) is 15.2 Å². The number of methoxy groups -OCH3 is 2. The van der Waals surface area contributed by atoms with Crippen LogP contribution in [0.15, 0.2) is 107 Å². The number of nitrogens with zero attached hydrogens (tertiary/aromatic N) is 1. The van der Waals surface area contributed by atoms with Gasteiger partial charge in [-0.25, -0.2) is 0 Å². The molecule has 0 saturated carbocycles. The van der Waals surface area contributed by atoms with Gasteiger partial charge in [0.05, 0.1) is 24.8 Å². The third-order valence-corrected chi connectivity index (χ3v) is 7.18. The van der Waals surface area contributed by atoms with Crippen LogP contribution < -0.4 is 15.2 Å². The Morgan fingerprint density at radius 2 is 1.19 bits per heavy atom. The summed E-state index contributed by atoms with van der Waals surface area (Å²) < 4.78 is 10.2. The van der Waals surface area contributed by atoms with Crippen LogP contribution in [-0.2, 0) is 31.0 Å². The molecule has 0 saturated heterocycles. The standard InChI is InChI=1S/C14H13NO3S.C14H15NOS.Zn/c1-18-14-9-12(7-8-13(14)15(16)17)19-10-11-5-3-2-4-6-11;1-16-14-9-12(7-8-13(14)15)17-10-11-5-3-2-4-6-11;/h2-9H,10H2,1H3;2-9H,10,15H2,1H3;. The predicted octanol–water partition coefficient (Wildman–Crippen LogP) is 7.46. The summed E-state index contributed by atoms with van der Waals surface area (Å²) in [6, 6.07) is 31.3. The summed E-state index contributed by atoms with van der Waals surface area (Å²) in [6.45, 7) is 0. The molecule has 2 N–H and O–H groups in total. The van der Waals surface area contributed by atoms with Crippen molar-refractivity contribution in [2.45, 2.75) is 21.3 Å². The van der Waals surface area contributed by atoms with Gasteiger partial charge in [-0.3, -0.25) is 10.1 Å². The number of anilines is 1. The van der Waals surface area contributed by atoms with Crippen LogP contribution in [0.25, 0.3) is 0 Å². The molecule has 0 fully saturated rings. The molecule has 0 radical (unpaired) electrons. The summed E-state index contributed by atoms with van der Waals surface area (Å²) in [4.78, 5) is 12.5. The molecule has 4 rings (SSSR count). The van der Waals surface area contributed by atoms with Crippen molar-refractivity contribution in [1.29, 1.82) is 0 Å². The van der Waals surface area contributed by atoms with Gasteiger partial charge >= 0.3 is 5.69 Å². The number of hydrogen-bond donors (Lipinski definition) is 1. The molecule has 9 heteroatoms. The zero-order valence-electron chi connectivity index (χ0n) is 20.8. The van der Waals surface area contributed by atoms with Crippen molar-refractivity contribution in [3.8, 4) is 11.5 Å². The van der Waals surface area contributed by atoms with E-state index in [0.717, 1.165) is 22.2 Å². The Morgan fingerprint density at radius 1 is 0.730 bits per heavy atom. The number of nitrogens with two attached hydrogens (primary N) is 1. The number of hydrogen-bond acceptors (Lipinski definition) is 7. The number of ether oxygens (including phenoxy) is 2. The van der Waals surface area contributed by atoms with Crippen molar-refractivity contribution in [3.05, 3.63) is 118 Å². The maximum absolute atomic E-state index is 10.8. The quantitative estimate of drug-likeness (QED) is 0.0717. The Balaban J connectivity index is 0.000000255. The van der Waals surface area contributed by atoms with E-state index in [1.54, 1.807) is 42.8 Å². The number of nitro benzene ring substituents is 1. The number of nitrogen functional groups attached to an aromatic ring is 1. The smallest absolute Gasteiger partial charge is 0.310 e. The third-order valence-electron chi connectivity index (χ3n) is 5.05. The van der Waals surface area contributed by atoms with E-state index in [1.807, 2.05) is 42.5 Å². The van der Waals surface area contributed by atoms with Gasteiger partial charge < -0.3 is 15.2 Å². The molecule has 0 bridgehead atoms. The van der Waals surface area contributed by atoms with Crippen LogP contribution in [0.5, 0.6) is 11.5 Å². The normalized spacial score (nSPS) is 9.89. The largest absolute Gasteiger partial charge is 0.495 e. The Kier molecular flexibility index (Phi) is 13.0. The van der Waals surface area contributed by atoms with Gasteiger partial charge in [0.25, 0.3) is 0 Å². The van der Waals surface area contributed by atoms with Crippen molar-refractivity contribution in [3.63, 3.8) is 0 Å². The number of thioether (sulfide) groups is 2. The minimum Gasteiger partial charge on any atom is -0.495 e. The van der Waals surface area contributed by atoms with E-state index < -0.39 is 4.92 Å². The van der Waals surface area contributed by atoms with E-state index in [1.165, 1.54) is 29.2 Å². The molecule has 0 atom stereocenters. The van der Waals surface area contributed by atoms with Gasteiger partial charge in [-0.1, -0.05) is 60.7 Å². The molecule has 188 valence electrons. The van der Waals surface area contributed by atoms with Gasteiger partial charge in [0.15, 0.2) is 5.75 Å². The van der Waals surface area contributed by atoms with Crippen molar-refractivity contribution in [2.24, 2.45) is 0 Å². The maximum Gasteiger partial charge on any atom is 0.310 e. The number of nitro groups is 1. The summed E-state index contributed by atoms with van der Waals surface area (Å²) in [5, 5.41) is 10.8. The fourth-order valence-electron chi connectivity index (χ4n) is 3.16. The molecule has 4 aromatic rings. The van der Waals surface area contributed by atoms with Gasteiger partial charge in [-0.2, -0.15) is 0 Å². The Morgan fingerprint density at radius 3 is 1.65 bits per heavy atom. The van der Waals surface area contributed by atoms with Crippen LogP contribution in [0.1, 0.15) is 11.1 Å². The average molecular weight is 586 g/mol. The van der Waals surface area contributed by atoms with Crippen molar-refractivity contribution < 1.29 is 33.9 Å². The molecule has 4 aromatic carbocycles. The van der Waals surface area contributed by atoms with Gasteiger partial charge in [-0.05, 0) is 35.4 Å². The SMILES string of the molecule is COc1cc(SCc2ccccc2)ccc1N.COc1cc(SCc2ccccc2)ccc1[N+](=O)[O-].[Zn]. The fraction of sp³-hybridized carbons (Fsp3) is 0.143. The first-order valence-corrected chi connectivity index (χ1v) is 13.1. The van der Waals surface area contributed by atoms with E-state index in [2.05, 4.69) is 36.4 Å². The Labute approximate surface area is 238 Å². The Hall–Kier alpha value is -3.00. The zero-order valence-corrected chi connectivity index (χ0v) is 25.4. The van der Waals surface area contributed by atoms with Crippen molar-refractivity contribution >= 4 is 34.9 Å². The molecule has 0 aliphatic carbocycles. The van der Waals surface area contributed by atoms with E-state index in [-0.39, 0.29) is 25.2 Å². The average Bonchev–Trinajstić information content (AvgIpc) is 2.92. The first kappa shape index (κ1) is 30.2. The molecule has 37 heavy (non-hydrogen) atoms. The molecular weight excluding hydrogens is 558 g/mol. The van der Waals surface area contributed by atoms with Crippen LogP contribution in [0.2, 0.25) is 0 Å². The monoisotopic (exact) mass is 584 g/mol. The van der Waals surface area contributed by atoms with Crippen LogP contribution >= 0.6 is 23.5 Å². The molecule has 0 unspecified atom stereocenters. The minimum atomic E-state index is -0.440. The van der Waals surface area contributed by atoms with Gasteiger partial charge in [0, 0.05) is 52.9 Å². The fourth-order valence-corrected chi connectivity index (χ4v) is 4.92. The molecule has 0 heterocycles. The van der Waals surface area contributed by atoms with Gasteiger partial charge in [-0.15, -0.1) is 23.5 Å². The van der Waals surface area contributed by atoms with E-state index in [0.29, 0.717) is 11.4 Å². The first-order chi connectivity index (χ1) is 17.5. The van der Waals surface area contributed by atoms with Crippen LogP contribution in [0.4, 0.5) is 11.4 Å². The van der Waals surface area contributed by atoms with Crippen molar-refractivity contribution in [1.82, 2.24) is 0 Å². The van der Waals surface area contributed by atoms with E-state index >= 15 is 0 Å². The molecule has 0 aliphatic heterocycles. The molecule has 6 nitrogen and oxygen atoms in total. The maximum atomic E-state index is 10.8. The van der Waals surface area contributed by atoms with Gasteiger partial charge in [0.2, 0.25) is 0 Å². The van der Waals surface area contributed by atoms with Crippen LogP contribution in [0, 0.1) is 10.1 Å². The third kappa shape index (κ3) is 9.76. The zero-order chi connectivity index (χ0) is 25.8. The van der Waals surface area contributed by atoms with E-state index in [9.17, 15) is 10.1 Å². The molecule has 0 amide bonds. The molecule has 0 spiro atoms. The second-order valence-electron chi connectivity index (χ2n) is 7.54. The van der Waals surface area contributed by atoms with Crippen LogP contribution in [-0.4, -0.2) is 19.1 Å². The summed E-state index contributed by atoms with van der Waals surface area (Å²) in [5.41, 5.74) is 8.97. The first-order valence-electron chi connectivity index (χ1n) is 11.1. The number of benzene rings is 4. The van der Waals surface area contributed by atoms with Gasteiger partial charge in [0.1, 0.15) is 5.75 Å². The summed E-state index contributed by atoms with van der Waals surface area (Å²) in [5.74, 6) is 2.81. The number of rotatable bonds is 9.